The lowest BCUT2D eigenvalue weighted by molar-refractivity contribution is 0.106. The predicted octanol–water partition coefficient (Wildman–Crippen LogP) is 4.12. The Morgan fingerprint density at radius 3 is 2.63 bits per heavy atom. The van der Waals surface area contributed by atoms with Crippen LogP contribution in [0.15, 0.2) is 75.0 Å². The number of thioether (sulfide) groups is 1. The van der Waals surface area contributed by atoms with Crippen LogP contribution in [-0.4, -0.2) is 60.2 Å². The maximum Gasteiger partial charge on any atom is 0.240 e. The standard InChI is InChI=1S/C27H34N6OS/c1-17(2)35-21-12-10-18(11-13-21)23-16-32(3)25(28)24(30-23)27-33(4)31-26(34-27)20-8-5-7-19(15-20)22-9-6-14-29-22/h5,7-8,10-13,15,17,22,27,29H,6,9,14,16,28H2,1-4H3. The average Bonchev–Trinajstić information content (AvgIpc) is 3.51. The van der Waals surface area contributed by atoms with E-state index in [-0.39, 0.29) is 0 Å². The molecule has 1 fully saturated rings. The fraction of sp³-hybridized carbons (Fsp3) is 0.407. The summed E-state index contributed by atoms with van der Waals surface area (Å²) in [5.41, 5.74) is 11.5. The molecule has 5 rings (SSSR count). The van der Waals surface area contributed by atoms with Crippen LogP contribution in [0.2, 0.25) is 0 Å². The fourth-order valence-electron chi connectivity index (χ4n) is 4.70. The van der Waals surface area contributed by atoms with Crippen LogP contribution in [0.1, 0.15) is 49.4 Å². The molecule has 2 aromatic carbocycles. The van der Waals surface area contributed by atoms with Crippen molar-refractivity contribution in [3.05, 3.63) is 76.7 Å². The topological polar surface area (TPSA) is 78.5 Å². The number of ether oxygens (including phenoxy) is 1. The third-order valence-electron chi connectivity index (χ3n) is 6.52. The molecule has 3 N–H and O–H groups in total. The van der Waals surface area contributed by atoms with Gasteiger partial charge in [0.25, 0.3) is 0 Å². The van der Waals surface area contributed by atoms with Crippen molar-refractivity contribution in [2.24, 2.45) is 15.8 Å². The Bertz CT molecular complexity index is 1170. The maximum atomic E-state index is 6.50. The van der Waals surface area contributed by atoms with E-state index >= 15 is 0 Å². The molecule has 2 atom stereocenters. The highest BCUT2D eigenvalue weighted by molar-refractivity contribution is 7.99. The number of hydrogen-bond acceptors (Lipinski definition) is 8. The molecular weight excluding hydrogens is 456 g/mol. The molecule has 35 heavy (non-hydrogen) atoms. The largest absolute Gasteiger partial charge is 0.444 e. The fourth-order valence-corrected chi connectivity index (χ4v) is 5.53. The van der Waals surface area contributed by atoms with Gasteiger partial charge in [0.15, 0.2) is 0 Å². The number of nitrogens with two attached hydrogens (primary N) is 1. The molecule has 3 aliphatic rings. The molecule has 0 radical (unpaired) electrons. The second-order valence-corrected chi connectivity index (χ2v) is 11.2. The van der Waals surface area contributed by atoms with Crippen LogP contribution in [0.5, 0.6) is 0 Å². The van der Waals surface area contributed by atoms with Crippen molar-refractivity contribution in [2.45, 2.75) is 49.1 Å². The molecule has 3 heterocycles. The van der Waals surface area contributed by atoms with Crippen molar-refractivity contribution in [2.75, 3.05) is 27.2 Å². The van der Waals surface area contributed by atoms with Gasteiger partial charge < -0.3 is 20.7 Å². The smallest absolute Gasteiger partial charge is 0.240 e. The number of nitrogens with zero attached hydrogens (tertiary/aromatic N) is 4. The van der Waals surface area contributed by atoms with E-state index in [1.54, 1.807) is 5.01 Å². The number of hydrogen-bond donors (Lipinski definition) is 2. The summed E-state index contributed by atoms with van der Waals surface area (Å²) in [7, 11) is 3.89. The Balaban J connectivity index is 1.38. The van der Waals surface area contributed by atoms with Gasteiger partial charge >= 0.3 is 0 Å². The molecule has 2 unspecified atom stereocenters. The third kappa shape index (κ3) is 5.04. The van der Waals surface area contributed by atoms with Gasteiger partial charge in [0.05, 0.1) is 12.3 Å². The molecule has 8 heteroatoms. The van der Waals surface area contributed by atoms with Crippen molar-refractivity contribution in [1.29, 1.82) is 0 Å². The van der Waals surface area contributed by atoms with E-state index in [1.165, 1.54) is 16.9 Å². The Morgan fingerprint density at radius 2 is 1.91 bits per heavy atom. The monoisotopic (exact) mass is 490 g/mol. The summed E-state index contributed by atoms with van der Waals surface area (Å²) in [4.78, 5) is 8.27. The average molecular weight is 491 g/mol. The van der Waals surface area contributed by atoms with Crippen LogP contribution in [-0.2, 0) is 4.74 Å². The molecular formula is C27H34N6OS. The molecule has 0 aliphatic carbocycles. The molecule has 0 spiro atoms. The first kappa shape index (κ1) is 23.8. The van der Waals surface area contributed by atoms with E-state index in [4.69, 9.17) is 20.6 Å². The quantitative estimate of drug-likeness (QED) is 0.593. The second-order valence-electron chi connectivity index (χ2n) is 9.60. The van der Waals surface area contributed by atoms with Crippen LogP contribution in [0.25, 0.3) is 0 Å². The Labute approximate surface area is 212 Å². The zero-order chi connectivity index (χ0) is 24.5. The van der Waals surface area contributed by atoms with Crippen LogP contribution in [0, 0.1) is 0 Å². The normalized spacial score (nSPS) is 22.5. The van der Waals surface area contributed by atoms with Gasteiger partial charge in [-0.15, -0.1) is 16.9 Å². The number of nitrogens with one attached hydrogen (secondary N) is 1. The second kappa shape index (κ2) is 9.95. The predicted molar refractivity (Wildman–Crippen MR) is 143 cm³/mol. The van der Waals surface area contributed by atoms with Gasteiger partial charge in [-0.3, -0.25) is 5.01 Å². The minimum Gasteiger partial charge on any atom is -0.444 e. The van der Waals surface area contributed by atoms with Gasteiger partial charge in [-0.2, -0.15) is 0 Å². The van der Waals surface area contributed by atoms with Crippen molar-refractivity contribution in [3.63, 3.8) is 0 Å². The van der Waals surface area contributed by atoms with E-state index in [2.05, 4.69) is 61.6 Å². The molecule has 184 valence electrons. The SMILES string of the molecule is CC(C)Sc1ccc(C2=NC(C3OC(c4cccc(C5CCCN5)c4)=NN3C)=C(N)N(C)C2)cc1. The molecule has 0 bridgehead atoms. The lowest BCUT2D eigenvalue weighted by Gasteiger charge is -2.30. The van der Waals surface area contributed by atoms with Crippen LogP contribution in [0.4, 0.5) is 0 Å². The zero-order valence-electron chi connectivity index (χ0n) is 20.9. The summed E-state index contributed by atoms with van der Waals surface area (Å²) in [6, 6.07) is 17.5. The number of likely N-dealkylation sites (N-methyl/N-ethyl adjacent to an activating group) is 2. The van der Waals surface area contributed by atoms with Crippen LogP contribution < -0.4 is 11.1 Å². The van der Waals surface area contributed by atoms with Gasteiger partial charge in [0.1, 0.15) is 11.5 Å². The van der Waals surface area contributed by atoms with Crippen molar-refractivity contribution in [3.8, 4) is 0 Å². The van der Waals surface area contributed by atoms with Gasteiger partial charge in [0.2, 0.25) is 12.1 Å². The van der Waals surface area contributed by atoms with Gasteiger partial charge in [-0.05, 0) is 54.8 Å². The van der Waals surface area contributed by atoms with Crippen molar-refractivity contribution < 1.29 is 4.74 Å². The molecule has 0 aromatic heterocycles. The van der Waals surface area contributed by atoms with Gasteiger partial charge in [-0.25, -0.2) is 4.99 Å². The Morgan fingerprint density at radius 1 is 1.11 bits per heavy atom. The molecule has 1 saturated heterocycles. The van der Waals surface area contributed by atoms with Crippen LogP contribution >= 0.6 is 11.8 Å². The van der Waals surface area contributed by atoms with E-state index < -0.39 is 6.23 Å². The van der Waals surface area contributed by atoms with Crippen LogP contribution in [0.3, 0.4) is 0 Å². The summed E-state index contributed by atoms with van der Waals surface area (Å²) < 4.78 is 6.36. The summed E-state index contributed by atoms with van der Waals surface area (Å²) in [5, 5.41) is 10.6. The van der Waals surface area contributed by atoms with Gasteiger partial charge in [0, 0.05) is 35.8 Å². The Hall–Kier alpha value is -2.97. The highest BCUT2D eigenvalue weighted by atomic mass is 32.2. The Kier molecular flexibility index (Phi) is 6.75. The highest BCUT2D eigenvalue weighted by Gasteiger charge is 2.34. The van der Waals surface area contributed by atoms with E-state index in [9.17, 15) is 0 Å². The maximum absolute atomic E-state index is 6.50. The lowest BCUT2D eigenvalue weighted by Crippen LogP contribution is -2.39. The summed E-state index contributed by atoms with van der Waals surface area (Å²) in [5.74, 6) is 1.20. The first-order chi connectivity index (χ1) is 16.9. The molecule has 0 saturated carbocycles. The molecule has 7 nitrogen and oxygen atoms in total. The van der Waals surface area contributed by atoms with Crippen molar-refractivity contribution in [1.82, 2.24) is 15.2 Å². The number of hydrazone groups is 1. The number of benzene rings is 2. The van der Waals surface area contributed by atoms with Gasteiger partial charge in [-0.1, -0.05) is 38.1 Å². The first-order valence-electron chi connectivity index (χ1n) is 12.3. The minimum absolute atomic E-state index is 0.397. The zero-order valence-corrected chi connectivity index (χ0v) is 21.7. The highest BCUT2D eigenvalue weighted by Crippen LogP contribution is 2.30. The molecule has 0 amide bonds. The first-order valence-corrected chi connectivity index (χ1v) is 13.1. The van der Waals surface area contributed by atoms with E-state index in [1.807, 2.05) is 36.8 Å². The third-order valence-corrected chi connectivity index (χ3v) is 7.53. The number of rotatable bonds is 6. The van der Waals surface area contributed by atoms with Crippen molar-refractivity contribution >= 4 is 23.4 Å². The summed E-state index contributed by atoms with van der Waals surface area (Å²) in [6.07, 6.45) is 1.88. The summed E-state index contributed by atoms with van der Waals surface area (Å²) >= 11 is 1.86. The molecule has 3 aliphatic heterocycles. The van der Waals surface area contributed by atoms with E-state index in [0.29, 0.717) is 35.3 Å². The lowest BCUT2D eigenvalue weighted by atomic mass is 10.0. The summed E-state index contributed by atoms with van der Waals surface area (Å²) in [6.45, 7) is 6.12. The number of aliphatic imine (C=N–C) groups is 1. The minimum atomic E-state index is -0.480. The molecule has 2 aromatic rings. The van der Waals surface area contributed by atoms with E-state index in [0.717, 1.165) is 29.8 Å².